The smallest absolute Gasteiger partial charge is 0.239 e. The van der Waals surface area contributed by atoms with E-state index >= 15 is 0 Å². The maximum atomic E-state index is 10.4. The second-order valence-corrected chi connectivity index (χ2v) is 8.51. The molecule has 0 bridgehead atoms. The molecule has 3 aliphatic rings. The Morgan fingerprint density at radius 2 is 1.94 bits per heavy atom. The van der Waals surface area contributed by atoms with E-state index in [2.05, 4.69) is 5.10 Å². The summed E-state index contributed by atoms with van der Waals surface area (Å²) in [5, 5.41) is 44.7. The predicted octanol–water partition coefficient (Wildman–Crippen LogP) is -0.349. The van der Waals surface area contributed by atoms with E-state index in [0.29, 0.717) is 31.1 Å². The Bertz CT molecular complexity index is 988. The predicted molar refractivity (Wildman–Crippen MR) is 111 cm³/mol. The summed E-state index contributed by atoms with van der Waals surface area (Å²) in [7, 11) is 0. The molecule has 11 heteroatoms. The van der Waals surface area contributed by atoms with Crippen molar-refractivity contribution >= 4 is 0 Å². The first kappa shape index (κ1) is 22.4. The Hall–Kier alpha value is -2.41. The van der Waals surface area contributed by atoms with Gasteiger partial charge in [-0.15, -0.1) is 5.10 Å². The molecule has 5 rings (SSSR count). The molecule has 180 valence electrons. The first-order chi connectivity index (χ1) is 16.0. The van der Waals surface area contributed by atoms with Gasteiger partial charge in [-0.1, -0.05) is 6.07 Å². The molecule has 1 aromatic carbocycles. The van der Waals surface area contributed by atoms with E-state index in [9.17, 15) is 20.4 Å². The summed E-state index contributed by atoms with van der Waals surface area (Å²) in [5.74, 6) is 1.59. The van der Waals surface area contributed by atoms with Gasteiger partial charge in [0.05, 0.1) is 19.3 Å². The van der Waals surface area contributed by atoms with E-state index < -0.39 is 37.3 Å². The number of hydrogen-bond donors (Lipinski definition) is 4. The number of hydrogen-bond acceptors (Lipinski definition) is 10. The third kappa shape index (κ3) is 4.16. The molecule has 3 aliphatic heterocycles. The van der Waals surface area contributed by atoms with Gasteiger partial charge >= 0.3 is 0 Å². The fraction of sp³-hybridized carbons (Fsp3) is 0.591. The van der Waals surface area contributed by atoms with Crippen LogP contribution in [0.2, 0.25) is 0 Å². The number of aliphatic hydroxyl groups is 4. The van der Waals surface area contributed by atoms with Crippen LogP contribution in [0.15, 0.2) is 18.2 Å². The van der Waals surface area contributed by atoms with E-state index in [0.717, 1.165) is 23.2 Å². The molecular formula is C22H28N2O9. The highest BCUT2D eigenvalue weighted by atomic mass is 16.7. The van der Waals surface area contributed by atoms with Crippen LogP contribution in [0.25, 0.3) is 0 Å². The van der Waals surface area contributed by atoms with E-state index in [1.54, 1.807) is 0 Å². The number of fused-ring (bicyclic) bond motifs is 1. The molecule has 4 heterocycles. The van der Waals surface area contributed by atoms with Crippen LogP contribution in [0, 0.1) is 6.92 Å². The molecule has 0 saturated carbocycles. The molecule has 0 aliphatic carbocycles. The number of ether oxygens (including phenoxy) is 5. The fourth-order valence-corrected chi connectivity index (χ4v) is 4.42. The molecule has 2 saturated heterocycles. The van der Waals surface area contributed by atoms with Gasteiger partial charge in [0.2, 0.25) is 19.0 Å². The molecule has 2 fully saturated rings. The first-order valence-electron chi connectivity index (χ1n) is 11.0. The standard InChI is InChI=1S/C22H28N2O9/c1-11-14(6-12-2-3-15-16(7-12)31-10-30-15)21(23-24(11)13-4-5-29-9-13)33-22-20(28)19(27)18(26)17(8-25)32-22/h2-3,7,13,17-20,22,25-28H,4-6,8-10H2,1H3/t13?,17-,18-,19?,20-,22+/m1/s1. The van der Waals surface area contributed by atoms with Crippen molar-refractivity contribution in [2.45, 2.75) is 56.5 Å². The Balaban J connectivity index is 1.46. The normalized spacial score (nSPS) is 31.2. The number of benzene rings is 1. The number of aromatic nitrogens is 2. The van der Waals surface area contributed by atoms with Crippen molar-refractivity contribution in [2.75, 3.05) is 26.6 Å². The van der Waals surface area contributed by atoms with Crippen LogP contribution >= 0.6 is 0 Å². The van der Waals surface area contributed by atoms with Crippen molar-refractivity contribution in [2.24, 2.45) is 0 Å². The Kier molecular flexibility index (Phi) is 6.16. The minimum absolute atomic E-state index is 0.0488. The van der Waals surface area contributed by atoms with Gasteiger partial charge in [-0.25, -0.2) is 0 Å². The number of nitrogens with zero attached hydrogens (tertiary/aromatic N) is 2. The van der Waals surface area contributed by atoms with E-state index in [-0.39, 0.29) is 18.7 Å². The molecule has 1 aromatic heterocycles. The minimum Gasteiger partial charge on any atom is -0.454 e. The van der Waals surface area contributed by atoms with Gasteiger partial charge in [0.25, 0.3) is 0 Å². The van der Waals surface area contributed by atoms with Gasteiger partial charge in [-0.2, -0.15) is 0 Å². The van der Waals surface area contributed by atoms with Crippen molar-refractivity contribution in [3.63, 3.8) is 0 Å². The highest BCUT2D eigenvalue weighted by Gasteiger charge is 2.45. The van der Waals surface area contributed by atoms with Crippen LogP contribution in [-0.2, 0) is 15.9 Å². The minimum atomic E-state index is -1.54. The van der Waals surface area contributed by atoms with Gasteiger partial charge < -0.3 is 44.1 Å². The summed E-state index contributed by atoms with van der Waals surface area (Å²) < 4.78 is 29.7. The maximum Gasteiger partial charge on any atom is 0.239 e. The van der Waals surface area contributed by atoms with Gasteiger partial charge in [-0.3, -0.25) is 4.68 Å². The Morgan fingerprint density at radius 3 is 2.70 bits per heavy atom. The zero-order valence-corrected chi connectivity index (χ0v) is 18.2. The lowest BCUT2D eigenvalue weighted by Crippen LogP contribution is -2.60. The van der Waals surface area contributed by atoms with Crippen LogP contribution in [0.4, 0.5) is 0 Å². The van der Waals surface area contributed by atoms with E-state index in [1.165, 1.54) is 0 Å². The SMILES string of the molecule is Cc1c(Cc2ccc3c(c2)OCO3)c(O[C@@H]2O[C@H](CO)[C@@H](O)C(O)[C@H]2O)nn1C1CCOC1. The van der Waals surface area contributed by atoms with Gasteiger partial charge in [0.15, 0.2) is 11.5 Å². The molecule has 4 N–H and O–H groups in total. The summed E-state index contributed by atoms with van der Waals surface area (Å²) in [4.78, 5) is 0. The average Bonchev–Trinajstić information content (AvgIpc) is 3.56. The lowest BCUT2D eigenvalue weighted by molar-refractivity contribution is -0.278. The molecule has 33 heavy (non-hydrogen) atoms. The third-order valence-electron chi connectivity index (χ3n) is 6.38. The van der Waals surface area contributed by atoms with Crippen LogP contribution in [0.1, 0.15) is 29.3 Å². The molecule has 0 amide bonds. The van der Waals surface area contributed by atoms with Crippen LogP contribution in [0.3, 0.4) is 0 Å². The molecule has 6 atom stereocenters. The van der Waals surface area contributed by atoms with Crippen molar-refractivity contribution < 1.29 is 44.1 Å². The van der Waals surface area contributed by atoms with E-state index in [4.69, 9.17) is 23.7 Å². The zero-order chi connectivity index (χ0) is 23.1. The van der Waals surface area contributed by atoms with Crippen molar-refractivity contribution in [1.29, 1.82) is 0 Å². The Morgan fingerprint density at radius 1 is 1.12 bits per heavy atom. The monoisotopic (exact) mass is 464 g/mol. The van der Waals surface area contributed by atoms with Crippen molar-refractivity contribution in [3.8, 4) is 17.4 Å². The number of rotatable bonds is 6. The largest absolute Gasteiger partial charge is 0.454 e. The summed E-state index contributed by atoms with van der Waals surface area (Å²) in [6, 6.07) is 5.73. The molecule has 0 radical (unpaired) electrons. The van der Waals surface area contributed by atoms with Crippen LogP contribution in [-0.4, -0.2) is 87.5 Å². The quantitative estimate of drug-likeness (QED) is 0.448. The molecule has 0 spiro atoms. The Labute approximate surface area is 190 Å². The van der Waals surface area contributed by atoms with Gasteiger partial charge in [-0.05, 0) is 31.0 Å². The molecule has 2 aromatic rings. The summed E-state index contributed by atoms with van der Waals surface area (Å²) in [6.07, 6.45) is -5.65. The topological polar surface area (TPSA) is 145 Å². The lowest BCUT2D eigenvalue weighted by atomic mass is 9.99. The van der Waals surface area contributed by atoms with Gasteiger partial charge in [0, 0.05) is 24.3 Å². The maximum absolute atomic E-state index is 10.4. The highest BCUT2D eigenvalue weighted by molar-refractivity contribution is 5.47. The lowest BCUT2D eigenvalue weighted by Gasteiger charge is -2.39. The average molecular weight is 464 g/mol. The van der Waals surface area contributed by atoms with Crippen molar-refractivity contribution in [3.05, 3.63) is 35.0 Å². The first-order valence-corrected chi connectivity index (χ1v) is 11.0. The number of aliphatic hydroxyl groups excluding tert-OH is 4. The molecule has 2 unspecified atom stereocenters. The fourth-order valence-electron chi connectivity index (χ4n) is 4.42. The van der Waals surface area contributed by atoms with Gasteiger partial charge in [0.1, 0.15) is 24.4 Å². The van der Waals surface area contributed by atoms with Crippen LogP contribution in [0.5, 0.6) is 17.4 Å². The second-order valence-electron chi connectivity index (χ2n) is 8.51. The summed E-state index contributed by atoms with van der Waals surface area (Å²) in [6.45, 7) is 2.76. The van der Waals surface area contributed by atoms with Crippen LogP contribution < -0.4 is 14.2 Å². The second kappa shape index (κ2) is 9.09. The molecule has 11 nitrogen and oxygen atoms in total. The third-order valence-corrected chi connectivity index (χ3v) is 6.38. The zero-order valence-electron chi connectivity index (χ0n) is 18.2. The summed E-state index contributed by atoms with van der Waals surface area (Å²) in [5.41, 5.74) is 2.60. The summed E-state index contributed by atoms with van der Waals surface area (Å²) >= 11 is 0. The molecular weight excluding hydrogens is 436 g/mol. The highest BCUT2D eigenvalue weighted by Crippen LogP contribution is 2.36. The van der Waals surface area contributed by atoms with Crippen molar-refractivity contribution in [1.82, 2.24) is 9.78 Å². The van der Waals surface area contributed by atoms with E-state index in [1.807, 2.05) is 29.8 Å².